The lowest BCUT2D eigenvalue weighted by atomic mass is 9.99. The normalized spacial score (nSPS) is 35.8. The summed E-state index contributed by atoms with van der Waals surface area (Å²) in [6.07, 6.45) is -9.05. The van der Waals surface area contributed by atoms with Crippen molar-refractivity contribution >= 4 is 11.6 Å². The Morgan fingerprint density at radius 2 is 1.92 bits per heavy atom. The lowest BCUT2D eigenvalue weighted by molar-refractivity contribution is -0.322. The van der Waals surface area contributed by atoms with E-state index in [0.717, 1.165) is 0 Å². The Balaban J connectivity index is 1.74. The van der Waals surface area contributed by atoms with E-state index in [0.29, 0.717) is 5.69 Å². The Bertz CT molecular complexity index is 622. The highest BCUT2D eigenvalue weighted by Gasteiger charge is 2.46. The number of nitrogens with one attached hydrogen (secondary N) is 1. The number of aliphatic hydroxyl groups is 4. The maximum Gasteiger partial charge on any atom is 0.294 e. The predicted octanol–water partition coefficient (Wildman–Crippen LogP) is -2.13. The predicted molar refractivity (Wildman–Crippen MR) is 76.0 cm³/mol. The van der Waals surface area contributed by atoms with Crippen LogP contribution in [0.3, 0.4) is 0 Å². The molecule has 0 saturated carbocycles. The number of fused-ring (bicyclic) bond motifs is 1. The smallest absolute Gasteiger partial charge is 0.294 e. The summed E-state index contributed by atoms with van der Waals surface area (Å²) in [5.74, 6) is -0.633. The number of phenols is 1. The molecule has 2 aliphatic heterocycles. The van der Waals surface area contributed by atoms with Crippen LogP contribution >= 0.6 is 0 Å². The number of anilines is 1. The quantitative estimate of drug-likeness (QED) is 0.337. The molecule has 10 heteroatoms. The second-order valence-electron chi connectivity index (χ2n) is 5.45. The molecule has 2 aliphatic rings. The molecular weight excluding hydrogens is 326 g/mol. The third-order valence-electron chi connectivity index (χ3n) is 3.78. The van der Waals surface area contributed by atoms with E-state index in [1.54, 1.807) is 0 Å². The second-order valence-corrected chi connectivity index (χ2v) is 5.45. The molecule has 1 amide bonds. The maximum atomic E-state index is 12.0. The van der Waals surface area contributed by atoms with Gasteiger partial charge < -0.3 is 45.1 Å². The van der Waals surface area contributed by atoms with E-state index in [1.807, 2.05) is 0 Å². The number of aliphatic hydroxyl groups excluding tert-OH is 4. The first kappa shape index (κ1) is 16.9. The van der Waals surface area contributed by atoms with Gasteiger partial charge in [-0.15, -0.1) is 0 Å². The fourth-order valence-electron chi connectivity index (χ4n) is 2.46. The van der Waals surface area contributed by atoms with Gasteiger partial charge in [-0.2, -0.15) is 0 Å². The maximum absolute atomic E-state index is 12.0. The van der Waals surface area contributed by atoms with Crippen LogP contribution in [0.15, 0.2) is 18.2 Å². The van der Waals surface area contributed by atoms with Gasteiger partial charge in [0.05, 0.1) is 12.3 Å². The molecule has 0 radical (unpaired) electrons. The van der Waals surface area contributed by atoms with E-state index in [-0.39, 0.29) is 11.5 Å². The molecule has 0 spiro atoms. The highest BCUT2D eigenvalue weighted by atomic mass is 16.8. The summed E-state index contributed by atoms with van der Waals surface area (Å²) in [5, 5.41) is 50.4. The molecule has 0 unspecified atom stereocenters. The van der Waals surface area contributed by atoms with Crippen LogP contribution in [0.4, 0.5) is 5.69 Å². The zero-order valence-corrected chi connectivity index (χ0v) is 12.3. The van der Waals surface area contributed by atoms with Crippen molar-refractivity contribution in [1.82, 2.24) is 0 Å². The van der Waals surface area contributed by atoms with Crippen LogP contribution < -0.4 is 10.1 Å². The highest BCUT2D eigenvalue weighted by Crippen LogP contribution is 2.34. The zero-order chi connectivity index (χ0) is 17.4. The average Bonchev–Trinajstić information content (AvgIpc) is 2.56. The molecule has 0 aromatic heterocycles. The van der Waals surface area contributed by atoms with Crippen LogP contribution in [-0.4, -0.2) is 75.0 Å². The molecule has 6 atom stereocenters. The number of hydrogen-bond donors (Lipinski definition) is 6. The lowest BCUT2D eigenvalue weighted by Crippen LogP contribution is -2.60. The molecular formula is C14H17NO9. The number of rotatable bonds is 3. The van der Waals surface area contributed by atoms with Gasteiger partial charge in [0, 0.05) is 6.07 Å². The SMILES string of the molecule is O=C1Nc2ccc(O)cc2O[C@@H]1O[C@H]1O[C@@H](CO)[C@H](O)[C@@H](O)[C@@H]1O. The van der Waals surface area contributed by atoms with Crippen LogP contribution in [0, 0.1) is 0 Å². The molecule has 3 rings (SSSR count). The number of phenolic OH excluding ortho intramolecular Hbond substituents is 1. The Hall–Kier alpha value is -1.95. The minimum atomic E-state index is -1.66. The summed E-state index contributed by atoms with van der Waals surface area (Å²) < 4.78 is 15.7. The summed E-state index contributed by atoms with van der Waals surface area (Å²) >= 11 is 0. The summed E-state index contributed by atoms with van der Waals surface area (Å²) in [6, 6.07) is 4.06. The number of hydrogen-bond acceptors (Lipinski definition) is 9. The third-order valence-corrected chi connectivity index (χ3v) is 3.78. The number of aromatic hydroxyl groups is 1. The lowest BCUT2D eigenvalue weighted by Gasteiger charge is -2.40. The third kappa shape index (κ3) is 3.02. The van der Waals surface area contributed by atoms with Crippen LogP contribution in [0.1, 0.15) is 0 Å². The number of carbonyl (C=O) groups is 1. The van der Waals surface area contributed by atoms with E-state index in [9.17, 15) is 25.2 Å². The van der Waals surface area contributed by atoms with E-state index in [1.165, 1.54) is 18.2 Å². The average molecular weight is 343 g/mol. The molecule has 1 aromatic carbocycles. The standard InChI is InChI=1S/C14H17NO9/c16-4-8-9(18)10(19)11(20)13(23-8)24-14-12(21)15-6-2-1-5(17)3-7(6)22-14/h1-3,8-11,13-14,16-20H,4H2,(H,15,21)/t8-,9-,10+,11-,13+,14+/m0/s1. The molecule has 0 aliphatic carbocycles. The van der Waals surface area contributed by atoms with Gasteiger partial charge in [-0.3, -0.25) is 4.79 Å². The van der Waals surface area contributed by atoms with Crippen LogP contribution in [0.5, 0.6) is 11.5 Å². The Labute approximate surface area is 135 Å². The molecule has 2 heterocycles. The van der Waals surface area contributed by atoms with Gasteiger partial charge >= 0.3 is 0 Å². The topological polar surface area (TPSA) is 158 Å². The first-order valence-electron chi connectivity index (χ1n) is 7.17. The number of carbonyl (C=O) groups excluding carboxylic acids is 1. The Morgan fingerprint density at radius 3 is 2.62 bits per heavy atom. The van der Waals surface area contributed by atoms with E-state index < -0.39 is 49.5 Å². The van der Waals surface area contributed by atoms with Gasteiger partial charge in [0.2, 0.25) is 0 Å². The van der Waals surface area contributed by atoms with Crippen molar-refractivity contribution in [1.29, 1.82) is 0 Å². The van der Waals surface area contributed by atoms with Gasteiger partial charge in [0.1, 0.15) is 30.2 Å². The molecule has 10 nitrogen and oxygen atoms in total. The molecule has 0 bridgehead atoms. The molecule has 132 valence electrons. The van der Waals surface area contributed by atoms with Crippen LogP contribution in [-0.2, 0) is 14.3 Å². The summed E-state index contributed by atoms with van der Waals surface area (Å²) in [5.41, 5.74) is 0.325. The first-order chi connectivity index (χ1) is 11.4. The van der Waals surface area contributed by atoms with Crippen molar-refractivity contribution in [3.8, 4) is 11.5 Å². The van der Waals surface area contributed by atoms with Crippen molar-refractivity contribution in [2.24, 2.45) is 0 Å². The van der Waals surface area contributed by atoms with Crippen molar-refractivity contribution in [3.63, 3.8) is 0 Å². The van der Waals surface area contributed by atoms with Crippen molar-refractivity contribution < 1.29 is 44.5 Å². The molecule has 6 N–H and O–H groups in total. The highest BCUT2D eigenvalue weighted by molar-refractivity contribution is 5.97. The Kier molecular flexibility index (Phi) is 4.58. The largest absolute Gasteiger partial charge is 0.508 e. The molecule has 1 fully saturated rings. The fourth-order valence-corrected chi connectivity index (χ4v) is 2.46. The minimum absolute atomic E-state index is 0.0866. The van der Waals surface area contributed by atoms with Gasteiger partial charge in [-0.25, -0.2) is 0 Å². The van der Waals surface area contributed by atoms with E-state index in [2.05, 4.69) is 5.32 Å². The Morgan fingerprint density at radius 1 is 1.17 bits per heavy atom. The fraction of sp³-hybridized carbons (Fsp3) is 0.500. The van der Waals surface area contributed by atoms with Gasteiger partial charge in [0.25, 0.3) is 12.2 Å². The number of ether oxygens (including phenoxy) is 3. The van der Waals surface area contributed by atoms with Crippen molar-refractivity contribution in [3.05, 3.63) is 18.2 Å². The van der Waals surface area contributed by atoms with Gasteiger partial charge in [0.15, 0.2) is 12.0 Å². The van der Waals surface area contributed by atoms with Gasteiger partial charge in [-0.05, 0) is 12.1 Å². The zero-order valence-electron chi connectivity index (χ0n) is 12.3. The van der Waals surface area contributed by atoms with Crippen LogP contribution in [0.2, 0.25) is 0 Å². The summed E-state index contributed by atoms with van der Waals surface area (Å²) in [6.45, 7) is -0.626. The first-order valence-corrected chi connectivity index (χ1v) is 7.17. The molecule has 24 heavy (non-hydrogen) atoms. The monoisotopic (exact) mass is 343 g/mol. The van der Waals surface area contributed by atoms with Crippen LogP contribution in [0.25, 0.3) is 0 Å². The summed E-state index contributed by atoms with van der Waals surface area (Å²) in [7, 11) is 0. The number of amides is 1. The number of benzene rings is 1. The van der Waals surface area contributed by atoms with Crippen molar-refractivity contribution in [2.45, 2.75) is 37.0 Å². The molecule has 1 saturated heterocycles. The second kappa shape index (κ2) is 6.51. The molecule has 1 aromatic rings. The van der Waals surface area contributed by atoms with E-state index in [4.69, 9.17) is 19.3 Å². The van der Waals surface area contributed by atoms with E-state index >= 15 is 0 Å². The minimum Gasteiger partial charge on any atom is -0.508 e. The van der Waals surface area contributed by atoms with Crippen molar-refractivity contribution in [2.75, 3.05) is 11.9 Å². The summed E-state index contributed by atoms with van der Waals surface area (Å²) in [4.78, 5) is 12.0. The van der Waals surface area contributed by atoms with Gasteiger partial charge in [-0.1, -0.05) is 0 Å².